The van der Waals surface area contributed by atoms with E-state index in [1.165, 1.54) is 12.1 Å². The average molecular weight is 256 g/mol. The fourth-order valence-corrected chi connectivity index (χ4v) is 2.05. The average Bonchev–Trinajstić information content (AvgIpc) is 2.16. The molecule has 0 radical (unpaired) electrons. The van der Waals surface area contributed by atoms with Crippen molar-refractivity contribution < 1.29 is 17.4 Å². The van der Waals surface area contributed by atoms with Gasteiger partial charge in [-0.3, -0.25) is 5.14 Å². The predicted molar refractivity (Wildman–Crippen MR) is 53.4 cm³/mol. The van der Waals surface area contributed by atoms with Crippen molar-refractivity contribution in [2.75, 3.05) is 5.73 Å². The summed E-state index contributed by atoms with van der Waals surface area (Å²) >= 11 is 0.762. The molecule has 0 saturated carbocycles. The largest absolute Gasteiger partial charge is 0.475 e. The normalized spacial score (nSPS) is 13.9. The van der Waals surface area contributed by atoms with Gasteiger partial charge in [0.25, 0.3) is 0 Å². The Morgan fingerprint density at radius 3 is 2.40 bits per heavy atom. The number of halogens is 3. The Kier molecular flexibility index (Phi) is 3.63. The smallest absolute Gasteiger partial charge is 0.398 e. The van der Waals surface area contributed by atoms with Crippen LogP contribution in [0.5, 0.6) is 0 Å². The second-order valence-corrected chi connectivity index (χ2v) is 4.68. The molecule has 0 aliphatic carbocycles. The van der Waals surface area contributed by atoms with E-state index in [0.29, 0.717) is 4.90 Å². The number of hydrogen-bond acceptors (Lipinski definition) is 4. The standard InChI is InChI=1S/C7H7F3N2OS2/c8-7(9,10)15(13)6-3-4(14-12)1-2-5(6)11/h1-3H,11-12H2. The third-order valence-corrected chi connectivity index (χ3v) is 3.23. The van der Waals surface area contributed by atoms with E-state index in [-0.39, 0.29) is 5.69 Å². The van der Waals surface area contributed by atoms with Crippen molar-refractivity contribution in [3.05, 3.63) is 18.2 Å². The van der Waals surface area contributed by atoms with Crippen molar-refractivity contribution >= 4 is 28.4 Å². The molecule has 0 spiro atoms. The molecule has 1 aromatic carbocycles. The maximum absolute atomic E-state index is 12.2. The van der Waals surface area contributed by atoms with E-state index in [0.717, 1.165) is 18.0 Å². The van der Waals surface area contributed by atoms with Crippen molar-refractivity contribution in [2.24, 2.45) is 5.14 Å². The lowest BCUT2D eigenvalue weighted by Gasteiger charge is -2.09. The highest BCUT2D eigenvalue weighted by molar-refractivity contribution is 7.97. The lowest BCUT2D eigenvalue weighted by atomic mass is 10.3. The number of anilines is 1. The molecule has 0 amide bonds. The zero-order valence-electron chi connectivity index (χ0n) is 7.25. The molecule has 1 atom stereocenters. The van der Waals surface area contributed by atoms with Crippen LogP contribution >= 0.6 is 11.9 Å². The minimum atomic E-state index is -4.81. The van der Waals surface area contributed by atoms with Gasteiger partial charge >= 0.3 is 5.51 Å². The van der Waals surface area contributed by atoms with Crippen LogP contribution in [0.4, 0.5) is 18.9 Å². The first-order valence-corrected chi connectivity index (χ1v) is 5.64. The van der Waals surface area contributed by atoms with Crippen LogP contribution in [0.1, 0.15) is 0 Å². The van der Waals surface area contributed by atoms with Gasteiger partial charge in [-0.05, 0) is 30.1 Å². The van der Waals surface area contributed by atoms with Crippen molar-refractivity contribution in [1.82, 2.24) is 0 Å². The number of nitrogen functional groups attached to an aromatic ring is 1. The van der Waals surface area contributed by atoms with Crippen LogP contribution in [0, 0.1) is 0 Å². The molecule has 0 aliphatic rings. The summed E-state index contributed by atoms with van der Waals surface area (Å²) in [6.07, 6.45) is 0. The zero-order chi connectivity index (χ0) is 11.6. The van der Waals surface area contributed by atoms with Crippen LogP contribution in [-0.2, 0) is 10.8 Å². The summed E-state index contributed by atoms with van der Waals surface area (Å²) in [5, 5.41) is 5.17. The molecular formula is C7H7F3N2OS2. The SMILES string of the molecule is NSc1ccc(N)c(S(=O)C(F)(F)F)c1. The molecule has 1 unspecified atom stereocenters. The van der Waals surface area contributed by atoms with E-state index in [4.69, 9.17) is 10.9 Å². The summed E-state index contributed by atoms with van der Waals surface area (Å²) in [7, 11) is -3.12. The third kappa shape index (κ3) is 2.86. The summed E-state index contributed by atoms with van der Waals surface area (Å²) in [5.74, 6) is 0. The highest BCUT2D eigenvalue weighted by Gasteiger charge is 2.39. The van der Waals surface area contributed by atoms with Crippen LogP contribution in [0.2, 0.25) is 0 Å². The number of nitrogens with two attached hydrogens (primary N) is 2. The van der Waals surface area contributed by atoms with Crippen LogP contribution in [0.15, 0.2) is 28.0 Å². The summed E-state index contributed by atoms with van der Waals surface area (Å²) in [6.45, 7) is 0. The van der Waals surface area contributed by atoms with Gasteiger partial charge in [0.1, 0.15) is 0 Å². The highest BCUT2D eigenvalue weighted by atomic mass is 32.2. The minimum Gasteiger partial charge on any atom is -0.398 e. The Balaban J connectivity index is 3.19. The quantitative estimate of drug-likeness (QED) is 0.626. The van der Waals surface area contributed by atoms with Gasteiger partial charge in [-0.25, -0.2) is 4.21 Å². The lowest BCUT2D eigenvalue weighted by molar-refractivity contribution is -0.0384. The topological polar surface area (TPSA) is 69.1 Å². The van der Waals surface area contributed by atoms with Gasteiger partial charge < -0.3 is 5.73 Å². The first-order valence-electron chi connectivity index (χ1n) is 3.61. The van der Waals surface area contributed by atoms with E-state index < -0.39 is 21.2 Å². The second kappa shape index (κ2) is 4.42. The van der Waals surface area contributed by atoms with Gasteiger partial charge in [0.15, 0.2) is 10.8 Å². The Morgan fingerprint density at radius 1 is 1.33 bits per heavy atom. The summed E-state index contributed by atoms with van der Waals surface area (Å²) < 4.78 is 47.5. The zero-order valence-corrected chi connectivity index (χ0v) is 8.88. The second-order valence-electron chi connectivity index (χ2n) is 2.53. The van der Waals surface area contributed by atoms with Crippen LogP contribution in [-0.4, -0.2) is 9.72 Å². The van der Waals surface area contributed by atoms with E-state index in [1.54, 1.807) is 0 Å². The summed E-state index contributed by atoms with van der Waals surface area (Å²) in [4.78, 5) is -0.0882. The van der Waals surface area contributed by atoms with E-state index >= 15 is 0 Å². The number of hydrogen-bond donors (Lipinski definition) is 2. The monoisotopic (exact) mass is 256 g/mol. The van der Waals surface area contributed by atoms with Gasteiger partial charge in [0, 0.05) is 10.6 Å². The van der Waals surface area contributed by atoms with Crippen molar-refractivity contribution in [3.8, 4) is 0 Å². The van der Waals surface area contributed by atoms with Crippen LogP contribution in [0.3, 0.4) is 0 Å². The fraction of sp³-hybridized carbons (Fsp3) is 0.143. The van der Waals surface area contributed by atoms with Crippen molar-refractivity contribution in [2.45, 2.75) is 15.3 Å². The number of alkyl halides is 3. The molecule has 0 aromatic heterocycles. The van der Waals surface area contributed by atoms with Gasteiger partial charge in [-0.1, -0.05) is 0 Å². The maximum atomic E-state index is 12.2. The fourth-order valence-electron chi connectivity index (χ4n) is 0.873. The van der Waals surface area contributed by atoms with Crippen molar-refractivity contribution in [3.63, 3.8) is 0 Å². The Bertz CT molecular complexity index is 394. The van der Waals surface area contributed by atoms with Gasteiger partial charge in [0.05, 0.1) is 4.90 Å². The Morgan fingerprint density at radius 2 is 1.93 bits per heavy atom. The molecule has 8 heteroatoms. The van der Waals surface area contributed by atoms with Crippen LogP contribution < -0.4 is 10.9 Å². The Hall–Kier alpha value is -0.730. The van der Waals surface area contributed by atoms with Gasteiger partial charge in [0.2, 0.25) is 0 Å². The molecule has 84 valence electrons. The highest BCUT2D eigenvalue weighted by Crippen LogP contribution is 2.31. The molecule has 1 rings (SSSR count). The molecule has 0 bridgehead atoms. The third-order valence-electron chi connectivity index (χ3n) is 1.53. The minimum absolute atomic E-state index is 0.163. The number of rotatable bonds is 2. The first-order chi connectivity index (χ1) is 6.86. The maximum Gasteiger partial charge on any atom is 0.475 e. The molecule has 4 N–H and O–H groups in total. The Labute approximate surface area is 90.6 Å². The molecule has 0 aliphatic heterocycles. The van der Waals surface area contributed by atoms with E-state index in [9.17, 15) is 17.4 Å². The molecule has 0 fully saturated rings. The van der Waals surface area contributed by atoms with E-state index in [2.05, 4.69) is 0 Å². The molecule has 3 nitrogen and oxygen atoms in total. The molecule has 1 aromatic rings. The summed E-state index contributed by atoms with van der Waals surface area (Å²) in [5.41, 5.74) is 0.322. The lowest BCUT2D eigenvalue weighted by Crippen LogP contribution is -2.17. The van der Waals surface area contributed by atoms with Gasteiger partial charge in [-0.15, -0.1) is 0 Å². The van der Waals surface area contributed by atoms with Crippen molar-refractivity contribution in [1.29, 1.82) is 0 Å². The molecule has 0 saturated heterocycles. The first kappa shape index (κ1) is 12.3. The van der Waals surface area contributed by atoms with E-state index in [1.807, 2.05) is 0 Å². The summed E-state index contributed by atoms with van der Waals surface area (Å²) in [6, 6.07) is 3.77. The number of benzene rings is 1. The molecule has 15 heavy (non-hydrogen) atoms. The molecular weight excluding hydrogens is 249 g/mol. The van der Waals surface area contributed by atoms with Crippen LogP contribution in [0.25, 0.3) is 0 Å². The van der Waals surface area contributed by atoms with Gasteiger partial charge in [-0.2, -0.15) is 13.2 Å². The molecule has 0 heterocycles. The predicted octanol–water partition coefficient (Wildman–Crippen LogP) is 1.86.